The number of methoxy groups -OCH3 is 1. The van der Waals surface area contributed by atoms with E-state index in [0.717, 1.165) is 17.1 Å². The molecule has 0 amide bonds. The molecular formula is C18H15NO3. The van der Waals surface area contributed by atoms with Gasteiger partial charge in [0.05, 0.1) is 7.11 Å². The third-order valence-electron chi connectivity index (χ3n) is 3.46. The summed E-state index contributed by atoms with van der Waals surface area (Å²) >= 11 is 0. The van der Waals surface area contributed by atoms with Crippen LogP contribution in [0.15, 0.2) is 54.6 Å². The second-order valence-electron chi connectivity index (χ2n) is 4.83. The molecule has 0 aromatic heterocycles. The maximum absolute atomic E-state index is 10.8. The molecule has 4 nitrogen and oxygen atoms in total. The van der Waals surface area contributed by atoms with Gasteiger partial charge in [-0.1, -0.05) is 24.3 Å². The molecule has 0 unspecified atom stereocenters. The molecule has 0 atom stereocenters. The molecule has 0 bridgehead atoms. The van der Waals surface area contributed by atoms with Crippen LogP contribution in [-0.4, -0.2) is 13.4 Å². The summed E-state index contributed by atoms with van der Waals surface area (Å²) in [7, 11) is 1.54. The number of aldehydes is 1. The van der Waals surface area contributed by atoms with Crippen molar-refractivity contribution in [1.29, 1.82) is 0 Å². The maximum Gasteiger partial charge on any atom is 0.169 e. The summed E-state index contributed by atoms with van der Waals surface area (Å²) in [5, 5.41) is 1.85. The van der Waals surface area contributed by atoms with Crippen LogP contribution in [0.25, 0.3) is 10.8 Å². The molecule has 110 valence electrons. The largest absolute Gasteiger partial charge is 0.493 e. The number of hydrogen-bond acceptors (Lipinski definition) is 4. The van der Waals surface area contributed by atoms with Gasteiger partial charge in [-0.05, 0) is 30.3 Å². The first kappa shape index (κ1) is 13.9. The zero-order chi connectivity index (χ0) is 15.5. The monoisotopic (exact) mass is 293 g/mol. The van der Waals surface area contributed by atoms with Crippen molar-refractivity contribution >= 4 is 22.7 Å². The fourth-order valence-electron chi connectivity index (χ4n) is 2.34. The van der Waals surface area contributed by atoms with Crippen LogP contribution in [0.1, 0.15) is 10.4 Å². The van der Waals surface area contributed by atoms with E-state index >= 15 is 0 Å². The first-order valence-corrected chi connectivity index (χ1v) is 6.81. The molecule has 3 aromatic carbocycles. The summed E-state index contributed by atoms with van der Waals surface area (Å²) in [6.45, 7) is 0. The highest BCUT2D eigenvalue weighted by atomic mass is 16.5. The van der Waals surface area contributed by atoms with Crippen LogP contribution in [-0.2, 0) is 0 Å². The van der Waals surface area contributed by atoms with E-state index in [1.54, 1.807) is 18.2 Å². The van der Waals surface area contributed by atoms with Gasteiger partial charge < -0.3 is 15.2 Å². The van der Waals surface area contributed by atoms with Crippen LogP contribution in [0, 0.1) is 0 Å². The first-order chi connectivity index (χ1) is 10.7. The van der Waals surface area contributed by atoms with Crippen molar-refractivity contribution in [3.8, 4) is 17.2 Å². The molecule has 2 N–H and O–H groups in total. The summed E-state index contributed by atoms with van der Waals surface area (Å²) in [6.07, 6.45) is 0.769. The Bertz CT molecular complexity index is 843. The summed E-state index contributed by atoms with van der Waals surface area (Å²) < 4.78 is 11.3. The van der Waals surface area contributed by atoms with Crippen LogP contribution in [0.3, 0.4) is 0 Å². The maximum atomic E-state index is 10.8. The van der Waals surface area contributed by atoms with Crippen molar-refractivity contribution in [2.45, 2.75) is 0 Å². The van der Waals surface area contributed by atoms with Gasteiger partial charge in [-0.15, -0.1) is 0 Å². The second-order valence-corrected chi connectivity index (χ2v) is 4.83. The highest BCUT2D eigenvalue weighted by molar-refractivity contribution is 5.97. The highest BCUT2D eigenvalue weighted by Gasteiger charge is 2.10. The molecule has 0 heterocycles. The molecule has 0 spiro atoms. The van der Waals surface area contributed by atoms with E-state index in [2.05, 4.69) is 0 Å². The summed E-state index contributed by atoms with van der Waals surface area (Å²) in [5.41, 5.74) is 7.23. The smallest absolute Gasteiger partial charge is 0.169 e. The third kappa shape index (κ3) is 2.46. The first-order valence-electron chi connectivity index (χ1n) is 6.81. The van der Waals surface area contributed by atoms with Crippen LogP contribution >= 0.6 is 0 Å². The lowest BCUT2D eigenvalue weighted by atomic mass is 10.1. The lowest BCUT2D eigenvalue weighted by Crippen LogP contribution is -1.94. The van der Waals surface area contributed by atoms with E-state index in [4.69, 9.17) is 15.2 Å². The van der Waals surface area contributed by atoms with Gasteiger partial charge in [-0.2, -0.15) is 0 Å². The predicted molar refractivity (Wildman–Crippen MR) is 86.8 cm³/mol. The number of carbonyl (C=O) groups excluding carboxylic acids is 1. The van der Waals surface area contributed by atoms with Crippen LogP contribution < -0.4 is 15.2 Å². The summed E-state index contributed by atoms with van der Waals surface area (Å²) in [5.74, 6) is 1.73. The minimum atomic E-state index is 0.505. The van der Waals surface area contributed by atoms with Gasteiger partial charge in [0.15, 0.2) is 11.5 Å². The SMILES string of the molecule is COc1cc(C=O)ccc1Oc1ccc(N)c2ccccc12. The van der Waals surface area contributed by atoms with E-state index in [1.165, 1.54) is 7.11 Å². The third-order valence-corrected chi connectivity index (χ3v) is 3.46. The molecule has 0 saturated carbocycles. The number of benzene rings is 3. The van der Waals surface area contributed by atoms with Gasteiger partial charge in [0, 0.05) is 22.0 Å². The van der Waals surface area contributed by atoms with Crippen molar-refractivity contribution < 1.29 is 14.3 Å². The summed E-state index contributed by atoms with van der Waals surface area (Å²) in [6, 6.07) is 16.4. The molecule has 3 rings (SSSR count). The number of rotatable bonds is 4. The summed E-state index contributed by atoms with van der Waals surface area (Å²) in [4.78, 5) is 10.8. The number of fused-ring (bicyclic) bond motifs is 1. The topological polar surface area (TPSA) is 61.5 Å². The number of carbonyl (C=O) groups is 1. The van der Waals surface area contributed by atoms with E-state index in [1.807, 2.05) is 36.4 Å². The molecule has 0 saturated heterocycles. The Kier molecular flexibility index (Phi) is 3.66. The van der Waals surface area contributed by atoms with Gasteiger partial charge >= 0.3 is 0 Å². The average molecular weight is 293 g/mol. The molecule has 0 radical (unpaired) electrons. The average Bonchev–Trinajstić information content (AvgIpc) is 2.58. The Balaban J connectivity index is 2.07. The number of nitrogen functional groups attached to an aromatic ring is 1. The number of nitrogens with two attached hydrogens (primary N) is 1. The number of anilines is 1. The van der Waals surface area contributed by atoms with Gasteiger partial charge in [0.2, 0.25) is 0 Å². The molecule has 0 fully saturated rings. The molecule has 0 aliphatic heterocycles. The molecule has 22 heavy (non-hydrogen) atoms. The van der Waals surface area contributed by atoms with Crippen LogP contribution in [0.5, 0.6) is 17.2 Å². The highest BCUT2D eigenvalue weighted by Crippen LogP contribution is 2.37. The van der Waals surface area contributed by atoms with Crippen LogP contribution in [0.4, 0.5) is 5.69 Å². The number of hydrogen-bond donors (Lipinski definition) is 1. The quantitative estimate of drug-likeness (QED) is 0.582. The Hall–Kier alpha value is -3.01. The molecule has 4 heteroatoms. The Labute approximate surface area is 128 Å². The Morgan fingerprint density at radius 1 is 0.909 bits per heavy atom. The van der Waals surface area contributed by atoms with Gasteiger partial charge in [-0.25, -0.2) is 0 Å². The lowest BCUT2D eigenvalue weighted by Gasteiger charge is -2.13. The molecular weight excluding hydrogens is 278 g/mol. The van der Waals surface area contributed by atoms with Crippen molar-refractivity contribution in [3.05, 3.63) is 60.2 Å². The minimum absolute atomic E-state index is 0.505. The van der Waals surface area contributed by atoms with Crippen molar-refractivity contribution in [3.63, 3.8) is 0 Å². The fourth-order valence-corrected chi connectivity index (χ4v) is 2.34. The number of ether oxygens (including phenoxy) is 2. The predicted octanol–water partition coefficient (Wildman–Crippen LogP) is 4.04. The Morgan fingerprint density at radius 2 is 1.64 bits per heavy atom. The van der Waals surface area contributed by atoms with Crippen molar-refractivity contribution in [2.75, 3.05) is 12.8 Å². The molecule has 0 aliphatic carbocycles. The molecule has 3 aromatic rings. The Morgan fingerprint density at radius 3 is 2.36 bits per heavy atom. The van der Waals surface area contributed by atoms with Crippen LogP contribution in [0.2, 0.25) is 0 Å². The van der Waals surface area contributed by atoms with Gasteiger partial charge in [0.25, 0.3) is 0 Å². The van der Waals surface area contributed by atoms with Crippen molar-refractivity contribution in [2.24, 2.45) is 0 Å². The normalized spacial score (nSPS) is 10.4. The lowest BCUT2D eigenvalue weighted by molar-refractivity contribution is 0.112. The van der Waals surface area contributed by atoms with Gasteiger partial charge in [-0.3, -0.25) is 4.79 Å². The zero-order valence-corrected chi connectivity index (χ0v) is 12.1. The second kappa shape index (κ2) is 5.77. The standard InChI is InChI=1S/C18H15NO3/c1-21-18-10-12(11-20)6-8-17(18)22-16-9-7-15(19)13-4-2-3-5-14(13)16/h2-11H,19H2,1H3. The van der Waals surface area contributed by atoms with E-state index < -0.39 is 0 Å². The van der Waals surface area contributed by atoms with E-state index in [0.29, 0.717) is 28.5 Å². The molecule has 0 aliphatic rings. The van der Waals surface area contributed by atoms with E-state index in [-0.39, 0.29) is 0 Å². The van der Waals surface area contributed by atoms with Gasteiger partial charge in [0.1, 0.15) is 12.0 Å². The zero-order valence-electron chi connectivity index (χ0n) is 12.1. The van der Waals surface area contributed by atoms with Crippen molar-refractivity contribution in [1.82, 2.24) is 0 Å². The van der Waals surface area contributed by atoms with E-state index in [9.17, 15) is 4.79 Å². The minimum Gasteiger partial charge on any atom is -0.493 e. The fraction of sp³-hybridized carbons (Fsp3) is 0.0556.